The van der Waals surface area contributed by atoms with Crippen molar-refractivity contribution in [3.63, 3.8) is 0 Å². The number of hydrogen-bond donors (Lipinski definition) is 0. The summed E-state index contributed by atoms with van der Waals surface area (Å²) in [4.78, 5) is 2.28. The van der Waals surface area contributed by atoms with E-state index in [1.807, 2.05) is 12.1 Å². The number of aromatic nitrogens is 4. The molecule has 0 saturated heterocycles. The molecule has 118 valence electrons. The zero-order chi connectivity index (χ0) is 15.8. The van der Waals surface area contributed by atoms with Gasteiger partial charge < -0.3 is 9.09 Å². The van der Waals surface area contributed by atoms with E-state index in [2.05, 4.69) is 24.8 Å². The summed E-state index contributed by atoms with van der Waals surface area (Å²) < 4.78 is 6.97. The van der Waals surface area contributed by atoms with Crippen LogP contribution in [0.1, 0.15) is 11.4 Å². The predicted molar refractivity (Wildman–Crippen MR) is 86.1 cm³/mol. The molecule has 6 nitrogen and oxygen atoms in total. The molecule has 8 heteroatoms. The molecule has 3 heterocycles. The highest BCUT2D eigenvalue weighted by Gasteiger charge is 2.23. The Morgan fingerprint density at radius 1 is 1.13 bits per heavy atom. The third kappa shape index (κ3) is 2.85. The third-order valence-electron chi connectivity index (χ3n) is 3.91. The number of rotatable bonds is 3. The van der Waals surface area contributed by atoms with Crippen LogP contribution in [0.5, 0.6) is 0 Å². The van der Waals surface area contributed by atoms with Crippen molar-refractivity contribution in [2.24, 2.45) is 0 Å². The van der Waals surface area contributed by atoms with Crippen molar-refractivity contribution < 1.29 is 4.52 Å². The summed E-state index contributed by atoms with van der Waals surface area (Å²) in [6, 6.07) is 7.38. The fraction of sp³-hybridized carbons (Fsp3) is 0.267. The maximum absolute atomic E-state index is 6.26. The minimum Gasteiger partial charge on any atom is -0.364 e. The summed E-state index contributed by atoms with van der Waals surface area (Å²) in [6.07, 6.45) is 1.54. The maximum atomic E-state index is 6.26. The van der Waals surface area contributed by atoms with Gasteiger partial charge in [-0.2, -0.15) is 0 Å². The van der Waals surface area contributed by atoms with Crippen molar-refractivity contribution in [1.29, 1.82) is 0 Å². The molecule has 0 spiro atoms. The fourth-order valence-corrected chi connectivity index (χ4v) is 3.22. The van der Waals surface area contributed by atoms with Crippen LogP contribution in [0.2, 0.25) is 10.0 Å². The van der Waals surface area contributed by atoms with Gasteiger partial charge in [-0.25, -0.2) is 0 Å². The zero-order valence-electron chi connectivity index (χ0n) is 12.1. The van der Waals surface area contributed by atoms with Gasteiger partial charge in [-0.05, 0) is 17.7 Å². The molecule has 1 aliphatic heterocycles. The van der Waals surface area contributed by atoms with Crippen LogP contribution in [-0.2, 0) is 19.6 Å². The topological polar surface area (TPSA) is 60.0 Å². The number of hydrogen-bond acceptors (Lipinski definition) is 5. The highest BCUT2D eigenvalue weighted by molar-refractivity contribution is 6.35. The van der Waals surface area contributed by atoms with Gasteiger partial charge in [-0.15, -0.1) is 10.2 Å². The lowest BCUT2D eigenvalue weighted by atomic mass is 10.2. The minimum absolute atomic E-state index is 0.648. The van der Waals surface area contributed by atoms with Crippen LogP contribution in [-0.4, -0.2) is 31.4 Å². The van der Waals surface area contributed by atoms with Crippen LogP contribution in [0.4, 0.5) is 0 Å². The molecule has 4 rings (SSSR count). The Morgan fingerprint density at radius 3 is 2.83 bits per heavy atom. The second-order valence-electron chi connectivity index (χ2n) is 5.42. The van der Waals surface area contributed by atoms with E-state index in [0.29, 0.717) is 22.3 Å². The van der Waals surface area contributed by atoms with Crippen molar-refractivity contribution in [3.05, 3.63) is 52.0 Å². The Labute approximate surface area is 142 Å². The Balaban J connectivity index is 1.53. The quantitative estimate of drug-likeness (QED) is 0.726. The van der Waals surface area contributed by atoms with E-state index < -0.39 is 0 Å². The first kappa shape index (κ1) is 14.7. The van der Waals surface area contributed by atoms with E-state index in [0.717, 1.165) is 36.8 Å². The van der Waals surface area contributed by atoms with Crippen molar-refractivity contribution in [2.75, 3.05) is 6.54 Å². The summed E-state index contributed by atoms with van der Waals surface area (Å²) in [5.41, 5.74) is 1.76. The van der Waals surface area contributed by atoms with Gasteiger partial charge in [0.1, 0.15) is 12.1 Å². The monoisotopic (exact) mass is 349 g/mol. The van der Waals surface area contributed by atoms with E-state index in [-0.39, 0.29) is 0 Å². The van der Waals surface area contributed by atoms with E-state index >= 15 is 0 Å². The van der Waals surface area contributed by atoms with Crippen LogP contribution < -0.4 is 0 Å². The maximum Gasteiger partial charge on any atom is 0.186 e. The standard InChI is InChI=1S/C15H13Cl2N5O/c16-11-2-1-10(12(17)7-11)8-21-4-5-22-14(9-21)18-19-15(22)13-3-6-23-20-13/h1-3,6-7H,4-5,8-9H2. The Kier molecular flexibility index (Phi) is 3.80. The molecule has 3 aromatic rings. The Morgan fingerprint density at radius 2 is 2.04 bits per heavy atom. The molecular weight excluding hydrogens is 337 g/mol. The average molecular weight is 350 g/mol. The first-order chi connectivity index (χ1) is 11.2. The third-order valence-corrected chi connectivity index (χ3v) is 4.50. The first-order valence-corrected chi connectivity index (χ1v) is 7.95. The lowest BCUT2D eigenvalue weighted by Gasteiger charge is -2.27. The predicted octanol–water partition coefficient (Wildman–Crippen LogP) is 3.26. The molecule has 1 aromatic carbocycles. The zero-order valence-corrected chi connectivity index (χ0v) is 13.6. The molecule has 2 aromatic heterocycles. The van der Waals surface area contributed by atoms with Gasteiger partial charge in [-0.1, -0.05) is 34.4 Å². The molecule has 1 aliphatic rings. The number of fused-ring (bicyclic) bond motifs is 1. The van der Waals surface area contributed by atoms with Crippen LogP contribution in [0.15, 0.2) is 35.1 Å². The molecule has 0 radical (unpaired) electrons. The van der Waals surface area contributed by atoms with Crippen LogP contribution in [0, 0.1) is 0 Å². The second-order valence-corrected chi connectivity index (χ2v) is 6.27. The normalized spacial score (nSPS) is 14.9. The summed E-state index contributed by atoms with van der Waals surface area (Å²) in [5, 5.41) is 13.8. The number of nitrogens with zero attached hydrogens (tertiary/aromatic N) is 5. The number of benzene rings is 1. The van der Waals surface area contributed by atoms with Crippen LogP contribution in [0.3, 0.4) is 0 Å². The van der Waals surface area contributed by atoms with Crippen LogP contribution >= 0.6 is 23.2 Å². The molecule has 0 atom stereocenters. The highest BCUT2D eigenvalue weighted by atomic mass is 35.5. The van der Waals surface area contributed by atoms with Crippen molar-refractivity contribution in [1.82, 2.24) is 24.8 Å². The largest absolute Gasteiger partial charge is 0.364 e. The lowest BCUT2D eigenvalue weighted by molar-refractivity contribution is 0.209. The Hall–Kier alpha value is -1.89. The molecule has 0 unspecified atom stereocenters. The number of halogens is 2. The van der Waals surface area contributed by atoms with Crippen LogP contribution in [0.25, 0.3) is 11.5 Å². The fourth-order valence-electron chi connectivity index (χ4n) is 2.75. The molecular formula is C15H13Cl2N5O. The van der Waals surface area contributed by atoms with E-state index in [4.69, 9.17) is 27.7 Å². The van der Waals surface area contributed by atoms with Gasteiger partial charge in [0, 0.05) is 35.7 Å². The van der Waals surface area contributed by atoms with E-state index in [1.54, 1.807) is 12.1 Å². The summed E-state index contributed by atoms with van der Waals surface area (Å²) >= 11 is 12.2. The average Bonchev–Trinajstić information content (AvgIpc) is 3.18. The smallest absolute Gasteiger partial charge is 0.186 e. The summed E-state index contributed by atoms with van der Waals surface area (Å²) in [5.74, 6) is 1.66. The van der Waals surface area contributed by atoms with Crippen molar-refractivity contribution in [3.8, 4) is 11.5 Å². The summed E-state index contributed by atoms with van der Waals surface area (Å²) in [7, 11) is 0. The molecule has 0 saturated carbocycles. The molecule has 23 heavy (non-hydrogen) atoms. The molecule has 0 amide bonds. The molecule has 0 fully saturated rings. The highest BCUT2D eigenvalue weighted by Crippen LogP contribution is 2.25. The molecule has 0 N–H and O–H groups in total. The first-order valence-electron chi connectivity index (χ1n) is 7.20. The second kappa shape index (κ2) is 5.96. The Bertz CT molecular complexity index is 831. The van der Waals surface area contributed by atoms with Gasteiger partial charge in [-0.3, -0.25) is 4.90 Å². The molecule has 0 bridgehead atoms. The van der Waals surface area contributed by atoms with Gasteiger partial charge in [0.15, 0.2) is 11.5 Å². The summed E-state index contributed by atoms with van der Waals surface area (Å²) in [6.45, 7) is 3.15. The van der Waals surface area contributed by atoms with Gasteiger partial charge >= 0.3 is 0 Å². The molecule has 0 aliphatic carbocycles. The lowest BCUT2D eigenvalue weighted by Crippen LogP contribution is -2.33. The van der Waals surface area contributed by atoms with Crippen molar-refractivity contribution in [2.45, 2.75) is 19.6 Å². The van der Waals surface area contributed by atoms with E-state index in [1.165, 1.54) is 6.26 Å². The van der Waals surface area contributed by atoms with Crippen molar-refractivity contribution >= 4 is 23.2 Å². The minimum atomic E-state index is 0.648. The van der Waals surface area contributed by atoms with E-state index in [9.17, 15) is 0 Å². The van der Waals surface area contributed by atoms with Gasteiger partial charge in [0.25, 0.3) is 0 Å². The van der Waals surface area contributed by atoms with Gasteiger partial charge in [0.05, 0.1) is 6.54 Å². The SMILES string of the molecule is Clc1ccc(CN2CCn3c(nnc3-c3ccon3)C2)c(Cl)c1. The van der Waals surface area contributed by atoms with Gasteiger partial charge in [0.2, 0.25) is 0 Å².